The number of ether oxygens (including phenoxy) is 1. The highest BCUT2D eigenvalue weighted by Gasteiger charge is 2.38. The van der Waals surface area contributed by atoms with Crippen molar-refractivity contribution in [2.75, 3.05) is 11.9 Å². The highest BCUT2D eigenvalue weighted by atomic mass is 16.6. The summed E-state index contributed by atoms with van der Waals surface area (Å²) in [5.74, 6) is -0.892. The van der Waals surface area contributed by atoms with Crippen LogP contribution in [0.1, 0.15) is 50.2 Å². The Morgan fingerprint density at radius 2 is 1.51 bits per heavy atom. The molecular formula is C27H21N3O7. The Morgan fingerprint density at radius 3 is 2.16 bits per heavy atom. The molecule has 0 fully saturated rings. The van der Waals surface area contributed by atoms with Crippen molar-refractivity contribution in [3.8, 4) is 0 Å². The van der Waals surface area contributed by atoms with E-state index in [0.29, 0.717) is 5.56 Å². The molecule has 0 bridgehead atoms. The van der Waals surface area contributed by atoms with Crippen LogP contribution in [0.5, 0.6) is 0 Å². The van der Waals surface area contributed by atoms with E-state index in [1.807, 2.05) is 0 Å². The number of carbonyl (C=O) groups excluding carboxylic acids is 2. The zero-order valence-corrected chi connectivity index (χ0v) is 19.4. The van der Waals surface area contributed by atoms with E-state index in [0.717, 1.165) is 23.2 Å². The number of non-ortho nitro benzene ring substituents is 2. The molecule has 0 unspecified atom stereocenters. The SMILES string of the molecule is O=C(COC(=O)c1ccc2c(c1)[C@H]1C=CC[C@H]1[C@H](c1ccc([N+](=O)[O-])cc1)N2)c1ccc([N+](=O)[O-])cc1. The number of anilines is 1. The molecule has 0 spiro atoms. The summed E-state index contributed by atoms with van der Waals surface area (Å²) in [6.07, 6.45) is 5.02. The first-order chi connectivity index (χ1) is 17.8. The predicted octanol–water partition coefficient (Wildman–Crippen LogP) is 5.37. The average Bonchev–Trinajstić information content (AvgIpc) is 3.41. The van der Waals surface area contributed by atoms with Gasteiger partial charge < -0.3 is 10.1 Å². The Hall–Kier alpha value is -4.86. The number of ketones is 1. The molecule has 3 aromatic carbocycles. The van der Waals surface area contributed by atoms with Crippen LogP contribution in [0.2, 0.25) is 0 Å². The lowest BCUT2D eigenvalue weighted by molar-refractivity contribution is -0.385. The number of fused-ring (bicyclic) bond motifs is 3. The third-order valence-electron chi connectivity index (χ3n) is 6.80. The van der Waals surface area contributed by atoms with Crippen LogP contribution in [0, 0.1) is 26.1 Å². The summed E-state index contributed by atoms with van der Waals surface area (Å²) in [5.41, 5.74) is 3.17. The minimum atomic E-state index is -0.644. The molecule has 10 heteroatoms. The molecule has 3 aromatic rings. The van der Waals surface area contributed by atoms with Gasteiger partial charge in [0.1, 0.15) is 0 Å². The number of nitro benzene ring substituents is 2. The van der Waals surface area contributed by atoms with Gasteiger partial charge in [0.15, 0.2) is 12.4 Å². The lowest BCUT2D eigenvalue weighted by Crippen LogP contribution is -2.29. The number of nitrogens with zero attached hydrogens (tertiary/aromatic N) is 2. The predicted molar refractivity (Wildman–Crippen MR) is 134 cm³/mol. The van der Waals surface area contributed by atoms with Crippen LogP contribution in [-0.4, -0.2) is 28.2 Å². The third-order valence-corrected chi connectivity index (χ3v) is 6.80. The number of hydrogen-bond donors (Lipinski definition) is 1. The van der Waals surface area contributed by atoms with E-state index in [-0.39, 0.29) is 34.8 Å². The largest absolute Gasteiger partial charge is 0.454 e. The van der Waals surface area contributed by atoms with E-state index < -0.39 is 28.2 Å². The first kappa shape index (κ1) is 23.9. The molecule has 2 aliphatic rings. The van der Waals surface area contributed by atoms with Gasteiger partial charge in [0, 0.05) is 41.4 Å². The molecule has 1 aliphatic heterocycles. The molecule has 1 N–H and O–H groups in total. The lowest BCUT2D eigenvalue weighted by atomic mass is 9.76. The number of rotatable bonds is 7. The highest BCUT2D eigenvalue weighted by molar-refractivity contribution is 5.99. The standard InChI is InChI=1S/C27H21N3O7/c31-25(16-4-9-19(10-5-16)29(33)34)15-37-27(32)18-8-13-24-23(14-18)21-2-1-3-22(21)26(28-24)17-6-11-20(12-7-17)30(35)36/h1-2,4-14,21-22,26,28H,3,15H2/t21-,22+,26-/m0/s1. The second kappa shape index (κ2) is 9.65. The van der Waals surface area contributed by atoms with E-state index in [4.69, 9.17) is 4.74 Å². The zero-order chi connectivity index (χ0) is 26.1. The molecule has 5 rings (SSSR count). The molecule has 0 aromatic heterocycles. The fourth-order valence-corrected chi connectivity index (χ4v) is 4.92. The van der Waals surface area contributed by atoms with Crippen LogP contribution < -0.4 is 5.32 Å². The van der Waals surface area contributed by atoms with Crippen molar-refractivity contribution < 1.29 is 24.2 Å². The number of hydrogen-bond acceptors (Lipinski definition) is 8. The number of esters is 1. The van der Waals surface area contributed by atoms with Crippen molar-refractivity contribution >= 4 is 28.8 Å². The normalized spacial score (nSPS) is 19.3. The molecule has 37 heavy (non-hydrogen) atoms. The topological polar surface area (TPSA) is 142 Å². The molecule has 10 nitrogen and oxygen atoms in total. The van der Waals surface area contributed by atoms with Gasteiger partial charge in [-0.15, -0.1) is 0 Å². The summed E-state index contributed by atoms with van der Waals surface area (Å²) in [7, 11) is 0. The van der Waals surface area contributed by atoms with Gasteiger partial charge in [0.05, 0.1) is 21.5 Å². The number of nitro groups is 2. The number of carbonyl (C=O) groups is 2. The van der Waals surface area contributed by atoms with Gasteiger partial charge in [-0.1, -0.05) is 24.3 Å². The maximum Gasteiger partial charge on any atom is 0.338 e. The summed E-state index contributed by atoms with van der Waals surface area (Å²) >= 11 is 0. The molecule has 0 saturated heterocycles. The van der Waals surface area contributed by atoms with Crippen LogP contribution in [-0.2, 0) is 4.74 Å². The maximum atomic E-state index is 12.7. The van der Waals surface area contributed by atoms with Crippen LogP contribution in [0.25, 0.3) is 0 Å². The number of Topliss-reactive ketones (excluding diaryl/α,β-unsaturated/α-hetero) is 1. The molecule has 1 heterocycles. The fraction of sp³-hybridized carbons (Fsp3) is 0.185. The first-order valence-electron chi connectivity index (χ1n) is 11.6. The number of allylic oxidation sites excluding steroid dienone is 2. The second-order valence-corrected chi connectivity index (χ2v) is 8.93. The molecule has 186 valence electrons. The lowest BCUT2D eigenvalue weighted by Gasteiger charge is -2.37. The second-order valence-electron chi connectivity index (χ2n) is 8.93. The molecule has 0 saturated carbocycles. The number of nitrogens with one attached hydrogen (secondary N) is 1. The smallest absolute Gasteiger partial charge is 0.338 e. The fourth-order valence-electron chi connectivity index (χ4n) is 4.92. The van der Waals surface area contributed by atoms with Crippen molar-refractivity contribution in [3.05, 3.63) is 121 Å². The van der Waals surface area contributed by atoms with Crippen molar-refractivity contribution in [3.63, 3.8) is 0 Å². The third kappa shape index (κ3) is 4.68. The van der Waals surface area contributed by atoms with Crippen molar-refractivity contribution in [1.29, 1.82) is 0 Å². The Kier molecular flexibility index (Phi) is 6.22. The van der Waals surface area contributed by atoms with Crippen molar-refractivity contribution in [2.24, 2.45) is 5.92 Å². The van der Waals surface area contributed by atoms with E-state index >= 15 is 0 Å². The van der Waals surface area contributed by atoms with Crippen molar-refractivity contribution in [1.82, 2.24) is 0 Å². The van der Waals surface area contributed by atoms with Crippen LogP contribution in [0.4, 0.5) is 17.1 Å². The zero-order valence-electron chi connectivity index (χ0n) is 19.4. The average molecular weight is 499 g/mol. The Labute approximate surface area is 210 Å². The molecule has 0 radical (unpaired) electrons. The van der Waals surface area contributed by atoms with Crippen LogP contribution in [0.3, 0.4) is 0 Å². The van der Waals surface area contributed by atoms with Gasteiger partial charge in [0.25, 0.3) is 11.4 Å². The quantitative estimate of drug-likeness (QED) is 0.150. The molecular weight excluding hydrogens is 478 g/mol. The van der Waals surface area contributed by atoms with Gasteiger partial charge in [-0.2, -0.15) is 0 Å². The highest BCUT2D eigenvalue weighted by Crippen LogP contribution is 2.50. The van der Waals surface area contributed by atoms with Crippen LogP contribution >= 0.6 is 0 Å². The summed E-state index contributed by atoms with van der Waals surface area (Å²) < 4.78 is 5.23. The van der Waals surface area contributed by atoms with Gasteiger partial charge in [-0.3, -0.25) is 25.0 Å². The Bertz CT molecular complexity index is 1430. The first-order valence-corrected chi connectivity index (χ1v) is 11.6. The number of benzene rings is 3. The summed E-state index contributed by atoms with van der Waals surface area (Å²) in [6, 6.07) is 16.8. The van der Waals surface area contributed by atoms with Gasteiger partial charge >= 0.3 is 5.97 Å². The minimum Gasteiger partial charge on any atom is -0.454 e. The Balaban J connectivity index is 1.30. The molecule has 1 aliphatic carbocycles. The van der Waals surface area contributed by atoms with E-state index in [2.05, 4.69) is 17.5 Å². The van der Waals surface area contributed by atoms with E-state index in [1.54, 1.807) is 30.3 Å². The van der Waals surface area contributed by atoms with E-state index in [9.17, 15) is 29.8 Å². The van der Waals surface area contributed by atoms with Gasteiger partial charge in [0.2, 0.25) is 0 Å². The monoisotopic (exact) mass is 499 g/mol. The molecule has 3 atom stereocenters. The van der Waals surface area contributed by atoms with Gasteiger partial charge in [-0.05, 0) is 53.8 Å². The minimum absolute atomic E-state index is 0.0382. The molecule has 0 amide bonds. The summed E-state index contributed by atoms with van der Waals surface area (Å²) in [6.45, 7) is -0.486. The van der Waals surface area contributed by atoms with Crippen LogP contribution in [0.15, 0.2) is 78.9 Å². The Morgan fingerprint density at radius 1 is 0.892 bits per heavy atom. The van der Waals surface area contributed by atoms with E-state index in [1.165, 1.54) is 36.4 Å². The van der Waals surface area contributed by atoms with Crippen molar-refractivity contribution in [2.45, 2.75) is 18.4 Å². The maximum absolute atomic E-state index is 12.7. The summed E-state index contributed by atoms with van der Waals surface area (Å²) in [4.78, 5) is 45.9. The summed E-state index contributed by atoms with van der Waals surface area (Å²) in [5, 5.41) is 25.3. The van der Waals surface area contributed by atoms with Gasteiger partial charge in [-0.25, -0.2) is 4.79 Å².